The number of benzene rings is 3. The smallest absolute Gasteiger partial charge is 0.218 e. The van der Waals surface area contributed by atoms with E-state index >= 15 is 17.6 Å². The standard InChI is InChI=1S/C33H14F4N8/c34-21-19-20(22(35)24(37)23(21)36)32-41-30-18-12-6-4-10-16(18)28-39-26-14-8-2-1-7-13(14)25-38-27-15-9-3-5-11-17(15)29-40-31(19)45(32)33(42(25)26,43(27)29)44(28)30/h1-12,17,29H/q+2/t17?,29?,33-/m0/s1. The van der Waals surface area contributed by atoms with Gasteiger partial charge < -0.3 is 0 Å². The fourth-order valence-electron chi connectivity index (χ4n) is 8.42. The highest BCUT2D eigenvalue weighted by Gasteiger charge is 2.75. The fourth-order valence-corrected chi connectivity index (χ4v) is 8.42. The van der Waals surface area contributed by atoms with E-state index in [0.717, 1.165) is 27.5 Å². The van der Waals surface area contributed by atoms with Gasteiger partial charge in [-0.3, -0.25) is 0 Å². The molecule has 7 aliphatic heterocycles. The van der Waals surface area contributed by atoms with Crippen LogP contribution in [0.3, 0.4) is 0 Å². The second kappa shape index (κ2) is 6.80. The first kappa shape index (κ1) is 22.7. The normalized spacial score (nSPS) is 26.0. The molecule has 8 heterocycles. The van der Waals surface area contributed by atoms with Gasteiger partial charge in [-0.15, -0.1) is 14.1 Å². The molecule has 0 saturated heterocycles. The number of halogens is 4. The molecule has 1 aliphatic carbocycles. The molecule has 2 unspecified atom stereocenters. The molecule has 1 aromatic heterocycles. The van der Waals surface area contributed by atoms with E-state index in [-0.39, 0.29) is 17.6 Å². The number of aliphatic imine (C=N–C) groups is 2. The van der Waals surface area contributed by atoms with Crippen LogP contribution in [0.1, 0.15) is 22.3 Å². The van der Waals surface area contributed by atoms with Crippen LogP contribution in [-0.2, 0) is 5.91 Å². The average Bonchev–Trinajstić information content (AvgIpc) is 3.79. The summed E-state index contributed by atoms with van der Waals surface area (Å²) >= 11 is 0. The number of hydrogen-bond donors (Lipinski definition) is 0. The molecule has 0 saturated carbocycles. The Morgan fingerprint density at radius 2 is 1.36 bits per heavy atom. The summed E-state index contributed by atoms with van der Waals surface area (Å²) in [6, 6.07) is 15.4. The summed E-state index contributed by atoms with van der Waals surface area (Å²) in [5, 5.41) is 1.52. The SMILES string of the molecule is Fc1c(F)c(F)c2c(c1F)C1=NC3C4C=CC=CC4=C4N=C5c6ccccc6C6=[N+]5[C@]5(N43)n3c(c4ccccc4c3=NC2=[N+]15)=N6. The monoisotopic (exact) mass is 598 g/mol. The molecular weight excluding hydrogens is 584 g/mol. The Balaban J connectivity index is 1.39. The Morgan fingerprint density at radius 3 is 2.13 bits per heavy atom. The van der Waals surface area contributed by atoms with Crippen molar-refractivity contribution in [2.75, 3.05) is 0 Å². The maximum absolute atomic E-state index is 16.0. The molecule has 0 amide bonds. The molecule has 0 fully saturated rings. The van der Waals surface area contributed by atoms with Crippen molar-refractivity contribution in [1.82, 2.24) is 9.47 Å². The van der Waals surface area contributed by atoms with Crippen LogP contribution in [0.5, 0.6) is 0 Å². The van der Waals surface area contributed by atoms with Crippen molar-refractivity contribution in [3.8, 4) is 0 Å². The molecule has 3 atom stereocenters. The lowest BCUT2D eigenvalue weighted by Gasteiger charge is -2.47. The van der Waals surface area contributed by atoms with E-state index < -0.39 is 46.5 Å². The number of aromatic nitrogens is 1. The van der Waals surface area contributed by atoms with E-state index in [2.05, 4.69) is 4.90 Å². The lowest BCUT2D eigenvalue weighted by Crippen LogP contribution is -2.77. The predicted octanol–water partition coefficient (Wildman–Crippen LogP) is 3.09. The molecule has 3 aromatic carbocycles. The van der Waals surface area contributed by atoms with Gasteiger partial charge in [0.25, 0.3) is 23.3 Å². The molecule has 8 nitrogen and oxygen atoms in total. The topological polar surface area (TPSA) is 63.6 Å². The molecule has 0 bridgehead atoms. The highest BCUT2D eigenvalue weighted by atomic mass is 19.2. The minimum Gasteiger partial charge on any atom is -0.218 e. The number of amidine groups is 4. The summed E-state index contributed by atoms with van der Waals surface area (Å²) in [7, 11) is 0. The van der Waals surface area contributed by atoms with Crippen molar-refractivity contribution in [3.63, 3.8) is 0 Å². The van der Waals surface area contributed by atoms with Gasteiger partial charge in [0.2, 0.25) is 23.0 Å². The van der Waals surface area contributed by atoms with Gasteiger partial charge in [-0.2, -0.15) is 4.57 Å². The van der Waals surface area contributed by atoms with Crippen LogP contribution in [-0.4, -0.2) is 48.1 Å². The summed E-state index contributed by atoms with van der Waals surface area (Å²) in [6.07, 6.45) is 7.16. The van der Waals surface area contributed by atoms with Crippen LogP contribution < -0.4 is 11.0 Å². The Hall–Kier alpha value is -5.78. The number of allylic oxidation sites excluding steroid dienone is 3. The van der Waals surface area contributed by atoms with E-state index in [1.807, 2.05) is 82.0 Å². The Bertz CT molecular complexity index is 2670. The third-order valence-corrected chi connectivity index (χ3v) is 10.1. The lowest BCUT2D eigenvalue weighted by molar-refractivity contribution is -0.818. The van der Waals surface area contributed by atoms with E-state index in [0.29, 0.717) is 28.5 Å². The average molecular weight is 599 g/mol. The molecule has 0 N–H and O–H groups in total. The van der Waals surface area contributed by atoms with Crippen LogP contribution in [0.15, 0.2) is 104 Å². The van der Waals surface area contributed by atoms with Gasteiger partial charge >= 0.3 is 5.91 Å². The Kier molecular flexibility index (Phi) is 3.43. The molecule has 8 aliphatic rings. The van der Waals surface area contributed by atoms with Crippen molar-refractivity contribution < 1.29 is 26.7 Å². The van der Waals surface area contributed by atoms with E-state index in [9.17, 15) is 0 Å². The molecule has 1 spiro atoms. The zero-order valence-electron chi connectivity index (χ0n) is 22.7. The summed E-state index contributed by atoms with van der Waals surface area (Å²) in [6.45, 7) is 0. The van der Waals surface area contributed by atoms with Gasteiger partial charge in [-0.05, 0) is 24.3 Å². The number of hydrogen-bond acceptors (Lipinski definition) is 5. The van der Waals surface area contributed by atoms with E-state index in [4.69, 9.17) is 20.0 Å². The summed E-state index contributed by atoms with van der Waals surface area (Å²) in [5.74, 6) is -6.86. The molecule has 4 aromatic rings. The summed E-state index contributed by atoms with van der Waals surface area (Å²) in [4.78, 5) is 22.5. The zero-order chi connectivity index (χ0) is 29.7. The first-order valence-electron chi connectivity index (χ1n) is 14.4. The van der Waals surface area contributed by atoms with Crippen molar-refractivity contribution >= 4 is 34.1 Å². The Morgan fingerprint density at radius 1 is 0.689 bits per heavy atom. The van der Waals surface area contributed by atoms with Gasteiger partial charge in [0.15, 0.2) is 23.3 Å². The predicted molar refractivity (Wildman–Crippen MR) is 151 cm³/mol. The molecule has 212 valence electrons. The highest BCUT2D eigenvalue weighted by molar-refractivity contribution is 6.18. The van der Waals surface area contributed by atoms with Gasteiger partial charge in [0, 0.05) is 16.3 Å². The van der Waals surface area contributed by atoms with Gasteiger partial charge in [-0.1, -0.05) is 63.5 Å². The second-order valence-corrected chi connectivity index (χ2v) is 11.9. The fraction of sp³-hybridized carbons (Fsp3) is 0.0909. The van der Waals surface area contributed by atoms with Gasteiger partial charge in [0.1, 0.15) is 11.1 Å². The second-order valence-electron chi connectivity index (χ2n) is 11.9. The molecule has 12 rings (SSSR count). The minimum absolute atomic E-state index is 0.0309. The summed E-state index contributed by atoms with van der Waals surface area (Å²) in [5.41, 5.74) is 2.68. The van der Waals surface area contributed by atoms with Crippen molar-refractivity contribution in [2.24, 2.45) is 25.9 Å². The van der Waals surface area contributed by atoms with E-state index in [1.165, 1.54) is 0 Å². The van der Waals surface area contributed by atoms with Gasteiger partial charge in [-0.25, -0.2) is 22.5 Å². The van der Waals surface area contributed by atoms with Gasteiger partial charge in [0.05, 0.1) is 17.0 Å². The maximum atomic E-state index is 16.0. The first-order chi connectivity index (χ1) is 22.0. The third-order valence-electron chi connectivity index (χ3n) is 10.1. The van der Waals surface area contributed by atoms with Crippen molar-refractivity contribution in [2.45, 2.75) is 12.1 Å². The number of nitrogens with zero attached hydrogens (tertiary/aromatic N) is 8. The van der Waals surface area contributed by atoms with Crippen LogP contribution in [0.2, 0.25) is 0 Å². The first-order valence-corrected chi connectivity index (χ1v) is 14.4. The maximum Gasteiger partial charge on any atom is 0.401 e. The van der Waals surface area contributed by atoms with Crippen LogP contribution in [0.25, 0.3) is 10.8 Å². The number of fused-ring (bicyclic) bond motifs is 11. The third kappa shape index (κ3) is 2.08. The van der Waals surface area contributed by atoms with E-state index in [1.54, 1.807) is 4.58 Å². The molecular formula is C33H14F4N8+2. The number of rotatable bonds is 0. The highest BCUT2D eigenvalue weighted by Crippen LogP contribution is 2.54. The quantitative estimate of drug-likeness (QED) is 0.133. The van der Waals surface area contributed by atoms with Crippen LogP contribution >= 0.6 is 0 Å². The van der Waals surface area contributed by atoms with Crippen LogP contribution in [0.4, 0.5) is 17.6 Å². The largest absolute Gasteiger partial charge is 0.401 e. The Labute approximate surface area is 248 Å². The molecule has 12 heteroatoms. The van der Waals surface area contributed by atoms with Crippen molar-refractivity contribution in [3.05, 3.63) is 141 Å². The summed E-state index contributed by atoms with van der Waals surface area (Å²) < 4.78 is 67.5. The molecule has 0 radical (unpaired) electrons. The zero-order valence-corrected chi connectivity index (χ0v) is 22.7. The lowest BCUT2D eigenvalue weighted by atomic mass is 9.94. The van der Waals surface area contributed by atoms with Crippen molar-refractivity contribution in [1.29, 1.82) is 0 Å². The molecule has 45 heavy (non-hydrogen) atoms. The van der Waals surface area contributed by atoms with Crippen LogP contribution in [0, 0.1) is 29.2 Å². The minimum atomic E-state index is -1.90.